The third kappa shape index (κ3) is 2.40. The molecule has 4 aromatic rings. The first kappa shape index (κ1) is 14.1. The van der Waals surface area contributed by atoms with Crippen LogP contribution in [0.25, 0.3) is 27.8 Å². The summed E-state index contributed by atoms with van der Waals surface area (Å²) < 4.78 is 1.96. The number of hydrogen-bond donors (Lipinski definition) is 1. The molecule has 6 nitrogen and oxygen atoms in total. The molecule has 0 aliphatic heterocycles. The highest BCUT2D eigenvalue weighted by atomic mass is 16.3. The molecule has 0 spiro atoms. The summed E-state index contributed by atoms with van der Waals surface area (Å²) in [5, 5.41) is 4.08. The van der Waals surface area contributed by atoms with E-state index in [9.17, 15) is 4.91 Å². The lowest BCUT2D eigenvalue weighted by Crippen LogP contribution is -2.00. The van der Waals surface area contributed by atoms with Crippen molar-refractivity contribution in [3.05, 3.63) is 71.9 Å². The van der Waals surface area contributed by atoms with E-state index in [2.05, 4.69) is 21.2 Å². The second-order valence-corrected chi connectivity index (χ2v) is 5.37. The van der Waals surface area contributed by atoms with Crippen LogP contribution in [-0.2, 0) is 0 Å². The van der Waals surface area contributed by atoms with Gasteiger partial charge in [-0.25, -0.2) is 4.98 Å². The molecule has 116 valence electrons. The Balaban J connectivity index is 1.88. The van der Waals surface area contributed by atoms with Crippen molar-refractivity contribution < 1.29 is 0 Å². The fraction of sp³-hybridized carbons (Fsp3) is 0. The number of nitrogens with two attached hydrogens (primary N) is 1. The van der Waals surface area contributed by atoms with E-state index in [-0.39, 0.29) is 5.95 Å². The zero-order valence-electron chi connectivity index (χ0n) is 12.6. The Hall–Kier alpha value is -3.54. The van der Waals surface area contributed by atoms with Gasteiger partial charge in [0.25, 0.3) is 0 Å². The molecule has 0 atom stereocenters. The zero-order valence-corrected chi connectivity index (χ0v) is 12.6. The summed E-state index contributed by atoms with van der Waals surface area (Å²) >= 11 is 0. The van der Waals surface area contributed by atoms with Crippen LogP contribution in [0.5, 0.6) is 0 Å². The van der Waals surface area contributed by atoms with E-state index >= 15 is 0 Å². The van der Waals surface area contributed by atoms with Crippen molar-refractivity contribution in [1.29, 1.82) is 0 Å². The fourth-order valence-electron chi connectivity index (χ4n) is 2.75. The molecule has 2 aromatic heterocycles. The van der Waals surface area contributed by atoms with Gasteiger partial charge < -0.3 is 10.3 Å². The Bertz CT molecular complexity index is 1050. The molecule has 0 radical (unpaired) electrons. The van der Waals surface area contributed by atoms with E-state index < -0.39 is 0 Å². The average molecular weight is 315 g/mol. The first-order chi connectivity index (χ1) is 11.7. The van der Waals surface area contributed by atoms with Gasteiger partial charge in [0.15, 0.2) is 0 Å². The minimum Gasteiger partial charge on any atom is -0.368 e. The number of hydrogen-bond acceptors (Lipinski definition) is 5. The molecule has 2 heterocycles. The summed E-state index contributed by atoms with van der Waals surface area (Å²) in [6.07, 6.45) is 3.58. The van der Waals surface area contributed by atoms with Crippen molar-refractivity contribution in [2.75, 3.05) is 5.73 Å². The fourth-order valence-corrected chi connectivity index (χ4v) is 2.75. The summed E-state index contributed by atoms with van der Waals surface area (Å²) in [5.74, 6) is 0.938. The lowest BCUT2D eigenvalue weighted by Gasteiger charge is -2.07. The monoisotopic (exact) mass is 315 g/mol. The molecule has 6 heteroatoms. The second kappa shape index (κ2) is 5.58. The summed E-state index contributed by atoms with van der Waals surface area (Å²) in [5.41, 5.74) is 9.02. The van der Waals surface area contributed by atoms with Crippen LogP contribution in [-0.4, -0.2) is 14.5 Å². The predicted octanol–water partition coefficient (Wildman–Crippen LogP) is 4.07. The van der Waals surface area contributed by atoms with Gasteiger partial charge in [0.2, 0.25) is 5.95 Å². The van der Waals surface area contributed by atoms with Crippen LogP contribution in [0.4, 0.5) is 11.6 Å². The second-order valence-electron chi connectivity index (χ2n) is 5.37. The minimum absolute atomic E-state index is 0.232. The van der Waals surface area contributed by atoms with Gasteiger partial charge in [0, 0.05) is 17.8 Å². The van der Waals surface area contributed by atoms with Crippen LogP contribution >= 0.6 is 0 Å². The summed E-state index contributed by atoms with van der Waals surface area (Å²) in [4.78, 5) is 18.9. The van der Waals surface area contributed by atoms with Crippen molar-refractivity contribution >= 4 is 22.5 Å². The van der Waals surface area contributed by atoms with E-state index in [4.69, 9.17) is 5.73 Å². The smallest absolute Gasteiger partial charge is 0.221 e. The number of nitrogens with zero attached hydrogens (tertiary/aromatic N) is 4. The molecule has 0 saturated carbocycles. The highest BCUT2D eigenvalue weighted by molar-refractivity contribution is 5.87. The third-order valence-electron chi connectivity index (χ3n) is 3.88. The summed E-state index contributed by atoms with van der Waals surface area (Å²) in [6.45, 7) is 0. The quantitative estimate of drug-likeness (QED) is 0.577. The lowest BCUT2D eigenvalue weighted by atomic mass is 10.0. The number of anilines is 1. The van der Waals surface area contributed by atoms with E-state index in [1.54, 1.807) is 24.4 Å². The van der Waals surface area contributed by atoms with Crippen molar-refractivity contribution in [1.82, 2.24) is 14.5 Å². The Morgan fingerprint density at radius 2 is 1.88 bits per heavy atom. The third-order valence-corrected chi connectivity index (χ3v) is 3.88. The molecule has 2 N–H and O–H groups in total. The summed E-state index contributed by atoms with van der Waals surface area (Å²) in [7, 11) is 0. The first-order valence-corrected chi connectivity index (χ1v) is 7.38. The molecule has 0 aliphatic carbocycles. The molecule has 2 aromatic carbocycles. The van der Waals surface area contributed by atoms with Crippen LogP contribution < -0.4 is 5.73 Å². The van der Waals surface area contributed by atoms with E-state index in [0.717, 1.165) is 22.0 Å². The highest BCUT2D eigenvalue weighted by Gasteiger charge is 2.07. The minimum atomic E-state index is 0.232. The molecule has 4 rings (SSSR count). The predicted molar refractivity (Wildman–Crippen MR) is 94.2 cm³/mol. The van der Waals surface area contributed by atoms with Gasteiger partial charge in [-0.05, 0) is 46.6 Å². The van der Waals surface area contributed by atoms with Gasteiger partial charge in [0.1, 0.15) is 11.5 Å². The molecule has 24 heavy (non-hydrogen) atoms. The normalized spacial score (nSPS) is 10.8. The van der Waals surface area contributed by atoms with Crippen LogP contribution in [0.15, 0.2) is 72.2 Å². The standard InChI is InChI=1S/C18H13N5O/c19-18-20-8-6-17(21-18)23-9-7-12-4-5-14(11-16(12)23)13-2-1-3-15(10-13)22-24/h1-11H,(H2,19,20,21). The Labute approximate surface area is 137 Å². The first-order valence-electron chi connectivity index (χ1n) is 7.38. The van der Waals surface area contributed by atoms with Gasteiger partial charge in [-0.3, -0.25) is 0 Å². The maximum absolute atomic E-state index is 10.8. The van der Waals surface area contributed by atoms with Crippen LogP contribution in [0.2, 0.25) is 0 Å². The SMILES string of the molecule is Nc1nccc(-n2ccc3ccc(-c4cccc(N=O)c4)cc32)n1. The van der Waals surface area contributed by atoms with Crippen molar-refractivity contribution in [3.63, 3.8) is 0 Å². The van der Waals surface area contributed by atoms with E-state index in [1.165, 1.54) is 0 Å². The lowest BCUT2D eigenvalue weighted by molar-refractivity contribution is 1.02. The average Bonchev–Trinajstić information content (AvgIpc) is 3.05. The molecule has 0 saturated heterocycles. The van der Waals surface area contributed by atoms with Gasteiger partial charge in [-0.2, -0.15) is 4.98 Å². The molecule has 0 fully saturated rings. The Morgan fingerprint density at radius 3 is 2.71 bits per heavy atom. The highest BCUT2D eigenvalue weighted by Crippen LogP contribution is 2.28. The summed E-state index contributed by atoms with van der Waals surface area (Å²) in [6, 6.07) is 17.1. The van der Waals surface area contributed by atoms with Crippen molar-refractivity contribution in [2.45, 2.75) is 0 Å². The van der Waals surface area contributed by atoms with E-state index in [1.807, 2.05) is 41.1 Å². The largest absolute Gasteiger partial charge is 0.368 e. The Morgan fingerprint density at radius 1 is 1.00 bits per heavy atom. The van der Waals surface area contributed by atoms with Crippen LogP contribution in [0.3, 0.4) is 0 Å². The topological polar surface area (TPSA) is 86.2 Å². The van der Waals surface area contributed by atoms with Gasteiger partial charge in [0.05, 0.1) is 5.52 Å². The molecule has 0 bridgehead atoms. The zero-order chi connectivity index (χ0) is 16.5. The van der Waals surface area contributed by atoms with Gasteiger partial charge in [-0.15, -0.1) is 4.91 Å². The van der Waals surface area contributed by atoms with Gasteiger partial charge >= 0.3 is 0 Å². The van der Waals surface area contributed by atoms with Crippen molar-refractivity contribution in [3.8, 4) is 16.9 Å². The molecular formula is C18H13N5O. The number of aromatic nitrogens is 3. The molecular weight excluding hydrogens is 302 g/mol. The number of nitroso groups, excluding NO2 is 1. The van der Waals surface area contributed by atoms with Crippen LogP contribution in [0, 0.1) is 4.91 Å². The molecule has 0 aliphatic rings. The number of benzene rings is 2. The number of rotatable bonds is 3. The molecule has 0 amide bonds. The number of fused-ring (bicyclic) bond motifs is 1. The number of nitrogen functional groups attached to an aromatic ring is 1. The van der Waals surface area contributed by atoms with Crippen molar-refractivity contribution in [2.24, 2.45) is 5.18 Å². The maximum Gasteiger partial charge on any atom is 0.221 e. The van der Waals surface area contributed by atoms with Crippen LogP contribution in [0.1, 0.15) is 0 Å². The molecule has 0 unspecified atom stereocenters. The van der Waals surface area contributed by atoms with Gasteiger partial charge in [-0.1, -0.05) is 24.3 Å². The maximum atomic E-state index is 10.8. The Kier molecular flexibility index (Phi) is 3.28. The van der Waals surface area contributed by atoms with E-state index in [0.29, 0.717) is 11.5 Å².